The molecule has 2 aromatic rings. The fourth-order valence-corrected chi connectivity index (χ4v) is 1.94. The molecule has 0 aromatic heterocycles. The highest BCUT2D eigenvalue weighted by Crippen LogP contribution is 2.16. The van der Waals surface area contributed by atoms with Crippen LogP contribution in [0, 0.1) is 5.82 Å². The van der Waals surface area contributed by atoms with E-state index in [0.717, 1.165) is 12.0 Å². The van der Waals surface area contributed by atoms with E-state index in [2.05, 4.69) is 17.4 Å². The lowest BCUT2D eigenvalue weighted by Crippen LogP contribution is -2.06. The van der Waals surface area contributed by atoms with Gasteiger partial charge in [0.2, 0.25) is 0 Å². The third-order valence-corrected chi connectivity index (χ3v) is 2.81. The van der Waals surface area contributed by atoms with Crippen LogP contribution >= 0.6 is 0 Å². The molecule has 0 atom stereocenters. The summed E-state index contributed by atoms with van der Waals surface area (Å²) in [5.74, 6) is 0.323. The maximum atomic E-state index is 13.4. The van der Waals surface area contributed by atoms with Crippen molar-refractivity contribution in [2.24, 2.45) is 0 Å². The Balaban J connectivity index is 1.92. The Morgan fingerprint density at radius 3 is 2.58 bits per heavy atom. The van der Waals surface area contributed by atoms with Crippen molar-refractivity contribution in [3.63, 3.8) is 0 Å². The van der Waals surface area contributed by atoms with Crippen molar-refractivity contribution in [3.05, 3.63) is 65.5 Å². The lowest BCUT2D eigenvalue weighted by atomic mass is 10.2. The summed E-state index contributed by atoms with van der Waals surface area (Å²) >= 11 is 0. The van der Waals surface area contributed by atoms with Gasteiger partial charge < -0.3 is 10.1 Å². The van der Waals surface area contributed by atoms with E-state index in [1.54, 1.807) is 0 Å². The number of hydrogen-bond acceptors (Lipinski definition) is 2. The molecule has 0 aliphatic carbocycles. The number of rotatable bonds is 6. The second-order valence-electron chi connectivity index (χ2n) is 4.41. The number of benzene rings is 2. The molecular formula is C16H18FNO. The van der Waals surface area contributed by atoms with E-state index in [0.29, 0.717) is 18.9 Å². The van der Waals surface area contributed by atoms with Crippen molar-refractivity contribution < 1.29 is 9.13 Å². The summed E-state index contributed by atoms with van der Waals surface area (Å²) in [4.78, 5) is 0. The lowest BCUT2D eigenvalue weighted by Gasteiger charge is -2.08. The molecule has 0 aliphatic heterocycles. The van der Waals surface area contributed by atoms with Crippen molar-refractivity contribution in [1.29, 1.82) is 0 Å². The van der Waals surface area contributed by atoms with Crippen molar-refractivity contribution in [3.8, 4) is 5.75 Å². The van der Waals surface area contributed by atoms with Gasteiger partial charge in [-0.25, -0.2) is 4.39 Å². The summed E-state index contributed by atoms with van der Waals surface area (Å²) in [5, 5.41) is 3.00. The number of nitrogens with one attached hydrogen (secondary N) is 1. The van der Waals surface area contributed by atoms with Crippen molar-refractivity contribution >= 4 is 0 Å². The molecule has 0 unspecified atom stereocenters. The molecule has 2 aromatic carbocycles. The van der Waals surface area contributed by atoms with E-state index in [1.807, 2.05) is 31.3 Å². The van der Waals surface area contributed by atoms with Crippen LogP contribution in [0.15, 0.2) is 48.5 Å². The first-order chi connectivity index (χ1) is 9.28. The molecule has 3 heteroatoms. The van der Waals surface area contributed by atoms with Gasteiger partial charge in [0.1, 0.15) is 11.6 Å². The fourth-order valence-electron chi connectivity index (χ4n) is 1.94. The van der Waals surface area contributed by atoms with E-state index in [4.69, 9.17) is 4.74 Å². The minimum absolute atomic E-state index is 0.262. The quantitative estimate of drug-likeness (QED) is 0.860. The highest BCUT2D eigenvalue weighted by atomic mass is 19.1. The molecule has 1 N–H and O–H groups in total. The zero-order chi connectivity index (χ0) is 13.5. The predicted molar refractivity (Wildman–Crippen MR) is 74.8 cm³/mol. The Bertz CT molecular complexity index is 513. The molecule has 0 radical (unpaired) electrons. The van der Waals surface area contributed by atoms with Crippen LogP contribution in [0.25, 0.3) is 0 Å². The lowest BCUT2D eigenvalue weighted by molar-refractivity contribution is 0.320. The maximum absolute atomic E-state index is 13.4. The van der Waals surface area contributed by atoms with E-state index in [9.17, 15) is 4.39 Å². The van der Waals surface area contributed by atoms with Crippen LogP contribution in [-0.2, 0) is 13.0 Å². The van der Waals surface area contributed by atoms with Gasteiger partial charge in [-0.05, 0) is 30.3 Å². The Hall–Kier alpha value is -1.87. The van der Waals surface area contributed by atoms with Crippen LogP contribution in [-0.4, -0.2) is 13.7 Å². The third kappa shape index (κ3) is 4.38. The molecule has 0 spiro atoms. The summed E-state index contributed by atoms with van der Waals surface area (Å²) in [6.07, 6.45) is 0.818. The second kappa shape index (κ2) is 6.90. The van der Waals surface area contributed by atoms with E-state index in [1.165, 1.54) is 17.7 Å². The van der Waals surface area contributed by atoms with Gasteiger partial charge in [0, 0.05) is 19.0 Å². The van der Waals surface area contributed by atoms with Gasteiger partial charge in [0.15, 0.2) is 0 Å². The first-order valence-electron chi connectivity index (χ1n) is 6.39. The average molecular weight is 259 g/mol. The average Bonchev–Trinajstić information content (AvgIpc) is 2.40. The van der Waals surface area contributed by atoms with Gasteiger partial charge in [0.05, 0.1) is 6.61 Å². The summed E-state index contributed by atoms with van der Waals surface area (Å²) in [6, 6.07) is 14.9. The van der Waals surface area contributed by atoms with Gasteiger partial charge in [-0.2, -0.15) is 0 Å². The third-order valence-electron chi connectivity index (χ3n) is 2.81. The van der Waals surface area contributed by atoms with Crippen molar-refractivity contribution in [1.82, 2.24) is 5.32 Å². The second-order valence-corrected chi connectivity index (χ2v) is 4.41. The van der Waals surface area contributed by atoms with Crippen LogP contribution in [0.4, 0.5) is 4.39 Å². The maximum Gasteiger partial charge on any atom is 0.127 e. The fraction of sp³-hybridized carbons (Fsp3) is 0.250. The normalized spacial score (nSPS) is 10.4. The molecule has 100 valence electrons. The molecule has 0 amide bonds. The van der Waals surface area contributed by atoms with Gasteiger partial charge in [0.25, 0.3) is 0 Å². The molecule has 0 heterocycles. The van der Waals surface area contributed by atoms with Crippen molar-refractivity contribution in [2.75, 3.05) is 13.7 Å². The number of ether oxygens (including phenoxy) is 1. The SMILES string of the molecule is CNCc1cc(F)cc(OCCc2ccccc2)c1. The topological polar surface area (TPSA) is 21.3 Å². The Kier molecular flexibility index (Phi) is 4.93. The van der Waals surface area contributed by atoms with Crippen LogP contribution in [0.3, 0.4) is 0 Å². The largest absolute Gasteiger partial charge is 0.493 e. The molecule has 2 rings (SSSR count). The Morgan fingerprint density at radius 1 is 1.05 bits per heavy atom. The van der Waals surface area contributed by atoms with Gasteiger partial charge in [-0.15, -0.1) is 0 Å². The highest BCUT2D eigenvalue weighted by Gasteiger charge is 2.02. The van der Waals surface area contributed by atoms with Gasteiger partial charge in [-0.3, -0.25) is 0 Å². The molecular weight excluding hydrogens is 241 g/mol. The number of halogens is 1. The van der Waals surface area contributed by atoms with E-state index in [-0.39, 0.29) is 5.82 Å². The monoisotopic (exact) mass is 259 g/mol. The summed E-state index contributed by atoms with van der Waals surface area (Å²) < 4.78 is 19.0. The number of hydrogen-bond donors (Lipinski definition) is 1. The standard InChI is InChI=1S/C16H18FNO/c1-18-12-14-9-15(17)11-16(10-14)19-8-7-13-5-3-2-4-6-13/h2-6,9-11,18H,7-8,12H2,1H3. The first-order valence-corrected chi connectivity index (χ1v) is 6.39. The van der Waals surface area contributed by atoms with Crippen molar-refractivity contribution in [2.45, 2.75) is 13.0 Å². The molecule has 0 aliphatic rings. The first kappa shape index (κ1) is 13.6. The highest BCUT2D eigenvalue weighted by molar-refractivity contribution is 5.29. The summed E-state index contributed by atoms with van der Waals surface area (Å²) in [7, 11) is 1.83. The van der Waals surface area contributed by atoms with Crippen LogP contribution < -0.4 is 10.1 Å². The zero-order valence-corrected chi connectivity index (χ0v) is 11.0. The smallest absolute Gasteiger partial charge is 0.127 e. The van der Waals surface area contributed by atoms with Gasteiger partial charge in [-0.1, -0.05) is 30.3 Å². The molecule has 19 heavy (non-hydrogen) atoms. The minimum atomic E-state index is -0.262. The minimum Gasteiger partial charge on any atom is -0.493 e. The van der Waals surface area contributed by atoms with Crippen LogP contribution in [0.2, 0.25) is 0 Å². The summed E-state index contributed by atoms with van der Waals surface area (Å²) in [5.41, 5.74) is 2.10. The Morgan fingerprint density at radius 2 is 1.84 bits per heavy atom. The van der Waals surface area contributed by atoms with Crippen LogP contribution in [0.5, 0.6) is 5.75 Å². The predicted octanol–water partition coefficient (Wildman–Crippen LogP) is 3.17. The molecule has 2 nitrogen and oxygen atoms in total. The van der Waals surface area contributed by atoms with E-state index >= 15 is 0 Å². The Labute approximate surface area is 113 Å². The van der Waals surface area contributed by atoms with Gasteiger partial charge >= 0.3 is 0 Å². The van der Waals surface area contributed by atoms with Crippen LogP contribution in [0.1, 0.15) is 11.1 Å². The molecule has 0 fully saturated rings. The summed E-state index contributed by atoms with van der Waals surface area (Å²) in [6.45, 7) is 1.18. The molecule has 0 saturated heterocycles. The molecule has 0 bridgehead atoms. The zero-order valence-electron chi connectivity index (χ0n) is 11.0. The van der Waals surface area contributed by atoms with E-state index < -0.39 is 0 Å². The molecule has 0 saturated carbocycles.